The zero-order valence-electron chi connectivity index (χ0n) is 10.3. The molecule has 0 aliphatic carbocycles. The second-order valence-corrected chi connectivity index (χ2v) is 4.36. The van der Waals surface area contributed by atoms with Gasteiger partial charge in [-0.3, -0.25) is 14.9 Å². The van der Waals surface area contributed by atoms with Crippen LogP contribution in [0.5, 0.6) is 0 Å². The van der Waals surface area contributed by atoms with Crippen LogP contribution in [0.25, 0.3) is 0 Å². The van der Waals surface area contributed by atoms with Crippen molar-refractivity contribution in [1.82, 2.24) is 4.90 Å². The molecule has 1 aromatic carbocycles. The predicted octanol–water partition coefficient (Wildman–Crippen LogP) is 1.59. The van der Waals surface area contributed by atoms with Gasteiger partial charge in [-0.15, -0.1) is 0 Å². The smallest absolute Gasteiger partial charge is 0.304 e. The van der Waals surface area contributed by atoms with E-state index < -0.39 is 16.4 Å². The van der Waals surface area contributed by atoms with Gasteiger partial charge in [0, 0.05) is 25.3 Å². The van der Waals surface area contributed by atoms with E-state index >= 15 is 0 Å². The molecule has 1 aromatic rings. The Morgan fingerprint density at radius 3 is 2.84 bits per heavy atom. The molecule has 1 fully saturated rings. The van der Waals surface area contributed by atoms with E-state index in [1.165, 1.54) is 11.0 Å². The molecule has 1 saturated heterocycles. The molecule has 1 unspecified atom stereocenters. The quantitative estimate of drug-likeness (QED) is 0.616. The van der Waals surface area contributed by atoms with Crippen LogP contribution < -0.4 is 0 Å². The van der Waals surface area contributed by atoms with Gasteiger partial charge < -0.3 is 9.64 Å². The zero-order chi connectivity index (χ0) is 14.0. The van der Waals surface area contributed by atoms with Gasteiger partial charge in [0.05, 0.1) is 17.6 Å². The standard InChI is InChI=1S/C12H13FN2O4/c1-14(9-4-5-19-7-9)12(16)8-2-3-11(15(17)18)10(13)6-8/h2-3,6,9H,4-5,7H2,1H3. The maximum Gasteiger partial charge on any atom is 0.304 e. The third kappa shape index (κ3) is 2.70. The Morgan fingerprint density at radius 1 is 1.58 bits per heavy atom. The van der Waals surface area contributed by atoms with Crippen molar-refractivity contribution < 1.29 is 18.8 Å². The molecule has 0 aromatic heterocycles. The molecule has 6 nitrogen and oxygen atoms in total. The van der Waals surface area contributed by atoms with Gasteiger partial charge in [-0.1, -0.05) is 0 Å². The second-order valence-electron chi connectivity index (χ2n) is 4.36. The summed E-state index contributed by atoms with van der Waals surface area (Å²) in [5, 5.41) is 10.5. The fourth-order valence-corrected chi connectivity index (χ4v) is 1.98. The first kappa shape index (κ1) is 13.4. The van der Waals surface area contributed by atoms with Gasteiger partial charge in [0.15, 0.2) is 0 Å². The fraction of sp³-hybridized carbons (Fsp3) is 0.417. The van der Waals surface area contributed by atoms with Gasteiger partial charge in [0.25, 0.3) is 5.91 Å². The molecule has 102 valence electrons. The third-order valence-corrected chi connectivity index (χ3v) is 3.17. The van der Waals surface area contributed by atoms with E-state index in [-0.39, 0.29) is 17.5 Å². The molecule has 0 saturated carbocycles. The van der Waals surface area contributed by atoms with Gasteiger partial charge >= 0.3 is 5.69 Å². The Bertz CT molecular complexity index is 514. The number of rotatable bonds is 3. The number of benzene rings is 1. The maximum atomic E-state index is 13.5. The normalized spacial score (nSPS) is 18.3. The molecule has 7 heteroatoms. The average molecular weight is 268 g/mol. The fourth-order valence-electron chi connectivity index (χ4n) is 1.98. The lowest BCUT2D eigenvalue weighted by Crippen LogP contribution is -2.37. The van der Waals surface area contributed by atoms with Crippen LogP contribution >= 0.6 is 0 Å². The van der Waals surface area contributed by atoms with Crippen LogP contribution in [-0.2, 0) is 4.74 Å². The van der Waals surface area contributed by atoms with Crippen molar-refractivity contribution in [2.45, 2.75) is 12.5 Å². The minimum atomic E-state index is -1.01. The summed E-state index contributed by atoms with van der Waals surface area (Å²) < 4.78 is 18.6. The minimum Gasteiger partial charge on any atom is -0.379 e. The molecular weight excluding hydrogens is 255 g/mol. The molecule has 0 spiro atoms. The molecule has 0 radical (unpaired) electrons. The van der Waals surface area contributed by atoms with E-state index in [1.807, 2.05) is 0 Å². The van der Waals surface area contributed by atoms with E-state index in [4.69, 9.17) is 4.74 Å². The number of nitrogens with zero attached hydrogens (tertiary/aromatic N) is 2. The number of hydrogen-bond donors (Lipinski definition) is 0. The van der Waals surface area contributed by atoms with Gasteiger partial charge in [0.1, 0.15) is 0 Å². The van der Waals surface area contributed by atoms with Crippen molar-refractivity contribution in [2.75, 3.05) is 20.3 Å². The lowest BCUT2D eigenvalue weighted by atomic mass is 10.1. The molecule has 2 rings (SSSR count). The largest absolute Gasteiger partial charge is 0.379 e. The predicted molar refractivity (Wildman–Crippen MR) is 64.4 cm³/mol. The molecule has 1 atom stereocenters. The maximum absolute atomic E-state index is 13.5. The molecular formula is C12H13FN2O4. The van der Waals surface area contributed by atoms with Crippen molar-refractivity contribution in [3.8, 4) is 0 Å². The first-order chi connectivity index (χ1) is 9.00. The Morgan fingerprint density at radius 2 is 2.32 bits per heavy atom. The van der Waals surface area contributed by atoms with Crippen LogP contribution in [0.4, 0.5) is 10.1 Å². The Kier molecular flexibility index (Phi) is 3.75. The van der Waals surface area contributed by atoms with Crippen molar-refractivity contribution in [3.05, 3.63) is 39.7 Å². The Balaban J connectivity index is 2.19. The van der Waals surface area contributed by atoms with Crippen molar-refractivity contribution in [2.24, 2.45) is 0 Å². The number of carbonyl (C=O) groups is 1. The summed E-state index contributed by atoms with van der Waals surface area (Å²) in [4.78, 5) is 23.3. The van der Waals surface area contributed by atoms with Crippen LogP contribution in [0.3, 0.4) is 0 Å². The molecule has 0 bridgehead atoms. The highest BCUT2D eigenvalue weighted by molar-refractivity contribution is 5.94. The topological polar surface area (TPSA) is 72.7 Å². The number of carbonyl (C=O) groups excluding carboxylic acids is 1. The highest BCUT2D eigenvalue weighted by atomic mass is 19.1. The zero-order valence-corrected chi connectivity index (χ0v) is 10.3. The third-order valence-electron chi connectivity index (χ3n) is 3.17. The highest BCUT2D eigenvalue weighted by Gasteiger charge is 2.26. The van der Waals surface area contributed by atoms with E-state index in [1.54, 1.807) is 7.05 Å². The lowest BCUT2D eigenvalue weighted by Gasteiger charge is -2.23. The first-order valence-electron chi connectivity index (χ1n) is 5.79. The van der Waals surface area contributed by atoms with E-state index in [2.05, 4.69) is 0 Å². The minimum absolute atomic E-state index is 0.0363. The van der Waals surface area contributed by atoms with Crippen LogP contribution in [0.1, 0.15) is 16.8 Å². The number of likely N-dealkylation sites (N-methyl/N-ethyl adjacent to an activating group) is 1. The summed E-state index contributed by atoms with van der Waals surface area (Å²) >= 11 is 0. The van der Waals surface area contributed by atoms with E-state index in [0.29, 0.717) is 13.2 Å². The van der Waals surface area contributed by atoms with Crippen LogP contribution in [-0.4, -0.2) is 42.0 Å². The summed E-state index contributed by atoms with van der Waals surface area (Å²) in [6.07, 6.45) is 0.734. The van der Waals surface area contributed by atoms with E-state index in [9.17, 15) is 19.3 Å². The first-order valence-corrected chi connectivity index (χ1v) is 5.79. The summed E-state index contributed by atoms with van der Waals surface area (Å²) in [6, 6.07) is 3.12. The number of amides is 1. The van der Waals surface area contributed by atoms with Gasteiger partial charge in [-0.25, -0.2) is 0 Å². The summed E-state index contributed by atoms with van der Waals surface area (Å²) in [5.41, 5.74) is -0.541. The number of ether oxygens (including phenoxy) is 1. The van der Waals surface area contributed by atoms with Gasteiger partial charge in [0.2, 0.25) is 5.82 Å². The monoisotopic (exact) mass is 268 g/mol. The lowest BCUT2D eigenvalue weighted by molar-refractivity contribution is -0.387. The Labute approximate surface area is 108 Å². The summed E-state index contributed by atoms with van der Waals surface area (Å²) in [7, 11) is 1.61. The summed E-state index contributed by atoms with van der Waals surface area (Å²) in [6.45, 7) is 1.05. The highest BCUT2D eigenvalue weighted by Crippen LogP contribution is 2.20. The number of nitro benzene ring substituents is 1. The van der Waals surface area contributed by atoms with Crippen LogP contribution in [0, 0.1) is 15.9 Å². The van der Waals surface area contributed by atoms with E-state index in [0.717, 1.165) is 18.6 Å². The van der Waals surface area contributed by atoms with Crippen LogP contribution in [0.15, 0.2) is 18.2 Å². The van der Waals surface area contributed by atoms with Crippen molar-refractivity contribution in [1.29, 1.82) is 0 Å². The van der Waals surface area contributed by atoms with Crippen molar-refractivity contribution in [3.63, 3.8) is 0 Å². The molecule has 0 N–H and O–H groups in total. The SMILES string of the molecule is CN(C(=O)c1ccc([N+](=O)[O-])c(F)c1)C1CCOC1. The molecule has 1 aliphatic heterocycles. The molecule has 1 amide bonds. The number of halogens is 1. The average Bonchev–Trinajstić information content (AvgIpc) is 2.90. The Hall–Kier alpha value is -2.02. The molecule has 1 aliphatic rings. The van der Waals surface area contributed by atoms with Gasteiger partial charge in [-0.05, 0) is 18.6 Å². The number of nitro groups is 1. The number of hydrogen-bond acceptors (Lipinski definition) is 4. The summed E-state index contributed by atoms with van der Waals surface area (Å²) in [5.74, 6) is -1.38. The second kappa shape index (κ2) is 5.31. The van der Waals surface area contributed by atoms with Gasteiger partial charge in [-0.2, -0.15) is 4.39 Å². The van der Waals surface area contributed by atoms with Crippen molar-refractivity contribution >= 4 is 11.6 Å². The molecule has 19 heavy (non-hydrogen) atoms. The van der Waals surface area contributed by atoms with Crippen LogP contribution in [0.2, 0.25) is 0 Å². The molecule has 1 heterocycles.